The van der Waals surface area contributed by atoms with E-state index in [1.54, 1.807) is 6.07 Å². The largest absolute Gasteiger partial charge is 0.531 e. The number of rotatable bonds is 23. The van der Waals surface area contributed by atoms with Gasteiger partial charge in [-0.3, -0.25) is 33.6 Å². The van der Waals surface area contributed by atoms with Gasteiger partial charge in [-0.05, 0) is 61.1 Å². The minimum Gasteiger partial charge on any atom is -0.507 e. The van der Waals surface area contributed by atoms with Gasteiger partial charge in [0.25, 0.3) is 11.8 Å². The monoisotopic (exact) mass is 924 g/mol. The van der Waals surface area contributed by atoms with Crippen LogP contribution in [0, 0.1) is 11.8 Å². The molecule has 61 heavy (non-hydrogen) atoms. The topological polar surface area (TPSA) is 205 Å². The summed E-state index contributed by atoms with van der Waals surface area (Å²) in [6.07, 6.45) is -1.01. The molecule has 0 spiro atoms. The van der Waals surface area contributed by atoms with Crippen LogP contribution >= 0.6 is 46.4 Å². The van der Waals surface area contributed by atoms with E-state index in [9.17, 15) is 33.6 Å². The van der Waals surface area contributed by atoms with Crippen molar-refractivity contribution in [3.63, 3.8) is 0 Å². The molecule has 15 nitrogen and oxygen atoms in total. The van der Waals surface area contributed by atoms with Crippen LogP contribution in [-0.2, 0) is 42.6 Å². The normalized spacial score (nSPS) is 17.2. The first kappa shape index (κ1) is 50.0. The van der Waals surface area contributed by atoms with E-state index in [1.807, 2.05) is 27.7 Å². The Kier molecular flexibility index (Phi) is 19.8. The molecule has 2 aliphatic heterocycles. The van der Waals surface area contributed by atoms with Crippen molar-refractivity contribution >= 4 is 102 Å². The number of carbonyl (C=O) groups is 7. The SMILES string of the molecule is CC(C)C[C@H](CC(=O)CNC(=O)c1cc(Cl)ccc1Cl)B1OC[C@@H](CC(=O)NCCNC(=O)C[C@H]2OB([C@@H](CC(=O)CNC(=O)c3cc(Cl)ccc3Cl)CC(C)C)OC2=O)O1. The molecule has 4 rings (SSSR count). The van der Waals surface area contributed by atoms with Crippen molar-refractivity contribution in [3.05, 3.63) is 67.6 Å². The number of benzene rings is 2. The molecule has 4 N–H and O–H groups in total. The van der Waals surface area contributed by atoms with Crippen molar-refractivity contribution in [2.45, 2.75) is 90.1 Å². The smallest absolute Gasteiger partial charge is 0.507 e. The number of amides is 4. The lowest BCUT2D eigenvalue weighted by Crippen LogP contribution is -2.38. The number of hydrogen-bond donors (Lipinski definition) is 4. The van der Waals surface area contributed by atoms with Crippen LogP contribution < -0.4 is 21.3 Å². The molecule has 0 aliphatic carbocycles. The number of carbonyl (C=O) groups excluding carboxylic acids is 7. The van der Waals surface area contributed by atoms with E-state index in [4.69, 9.17) is 65.0 Å². The predicted molar refractivity (Wildman–Crippen MR) is 232 cm³/mol. The van der Waals surface area contributed by atoms with Crippen LogP contribution in [0.4, 0.5) is 0 Å². The van der Waals surface area contributed by atoms with E-state index in [2.05, 4.69) is 21.3 Å². The van der Waals surface area contributed by atoms with Gasteiger partial charge in [0.1, 0.15) is 6.10 Å². The lowest BCUT2D eigenvalue weighted by Gasteiger charge is -2.20. The van der Waals surface area contributed by atoms with Gasteiger partial charge in [0, 0.05) is 47.6 Å². The zero-order valence-corrected chi connectivity index (χ0v) is 37.4. The maximum Gasteiger partial charge on any atom is 0.531 e. The fraction of sp³-hybridized carbons (Fsp3) is 0.525. The summed E-state index contributed by atoms with van der Waals surface area (Å²) in [6, 6.07) is 8.89. The average molecular weight is 926 g/mol. The molecule has 2 aromatic carbocycles. The standard InChI is InChI=1S/C40H50B2Cl4N4O11/c1-22(2)11-24(13-28(51)19-49-38(55)31-15-26(43)5-7-33(31)45)41-58-21-30(59-41)17-36(53)47-9-10-48-37(54)18-35-40(57)61-42(60-35)25(12-23(3)4)14-29(52)20-50-39(56)32-16-27(44)6-8-34(32)46/h5-8,15-16,22-25,30,35H,9-14,17-21H2,1-4H3,(H,47,53)(H,48,54)(H,49,55)(H,50,56)/t24-,25-,30-,35-/m1/s1. The van der Waals surface area contributed by atoms with E-state index in [1.165, 1.54) is 30.3 Å². The molecular weight excluding hydrogens is 876 g/mol. The van der Waals surface area contributed by atoms with Crippen molar-refractivity contribution in [3.8, 4) is 0 Å². The van der Waals surface area contributed by atoms with Crippen LogP contribution in [0.3, 0.4) is 0 Å². The molecule has 21 heteroatoms. The molecule has 330 valence electrons. The van der Waals surface area contributed by atoms with Gasteiger partial charge in [-0.2, -0.15) is 0 Å². The molecule has 0 saturated carbocycles. The summed E-state index contributed by atoms with van der Waals surface area (Å²) in [5.74, 6) is -3.75. The summed E-state index contributed by atoms with van der Waals surface area (Å²) < 4.78 is 23.2. The van der Waals surface area contributed by atoms with Gasteiger partial charge in [0.05, 0.1) is 59.8 Å². The third kappa shape index (κ3) is 16.5. The first-order valence-corrected chi connectivity index (χ1v) is 21.6. The van der Waals surface area contributed by atoms with Crippen LogP contribution in [0.5, 0.6) is 0 Å². The van der Waals surface area contributed by atoms with Crippen molar-refractivity contribution in [2.24, 2.45) is 11.8 Å². The zero-order valence-electron chi connectivity index (χ0n) is 34.4. The Labute approximate surface area is 375 Å². The molecule has 4 atom stereocenters. The van der Waals surface area contributed by atoms with Crippen LogP contribution in [0.15, 0.2) is 36.4 Å². The summed E-state index contributed by atoms with van der Waals surface area (Å²) in [6.45, 7) is 7.67. The summed E-state index contributed by atoms with van der Waals surface area (Å²) in [7, 11) is -1.79. The molecule has 2 aromatic rings. The molecule has 2 aliphatic rings. The maximum absolute atomic E-state index is 12.9. The second-order valence-corrected chi connectivity index (χ2v) is 17.6. The number of hydrogen-bond acceptors (Lipinski definition) is 11. The van der Waals surface area contributed by atoms with E-state index in [0.717, 1.165) is 0 Å². The predicted octanol–water partition coefficient (Wildman–Crippen LogP) is 5.56. The molecule has 4 amide bonds. The van der Waals surface area contributed by atoms with Gasteiger partial charge in [-0.15, -0.1) is 0 Å². The van der Waals surface area contributed by atoms with Gasteiger partial charge in [0.15, 0.2) is 11.6 Å². The molecular formula is C40H50B2Cl4N4O11. The van der Waals surface area contributed by atoms with Crippen LogP contribution in [0.25, 0.3) is 0 Å². The fourth-order valence-corrected chi connectivity index (χ4v) is 7.69. The number of ketones is 2. The average Bonchev–Trinajstić information content (AvgIpc) is 3.81. The minimum atomic E-state index is -1.19. The molecule has 0 radical (unpaired) electrons. The van der Waals surface area contributed by atoms with Crippen molar-refractivity contribution in [1.82, 2.24) is 21.3 Å². The lowest BCUT2D eigenvalue weighted by atomic mass is 9.65. The molecule has 0 bridgehead atoms. The second kappa shape index (κ2) is 24.2. The molecule has 2 fully saturated rings. The Hall–Kier alpha value is -3.70. The van der Waals surface area contributed by atoms with Gasteiger partial charge < -0.3 is 39.9 Å². The number of nitrogens with one attached hydrogen (secondary N) is 4. The van der Waals surface area contributed by atoms with Crippen LogP contribution in [0.2, 0.25) is 31.7 Å². The highest BCUT2D eigenvalue weighted by Gasteiger charge is 2.46. The van der Waals surface area contributed by atoms with Gasteiger partial charge >= 0.3 is 20.2 Å². The Morgan fingerprint density at radius 3 is 1.64 bits per heavy atom. The Bertz CT molecular complexity index is 1930. The van der Waals surface area contributed by atoms with E-state index < -0.39 is 56.0 Å². The molecule has 0 unspecified atom stereocenters. The zero-order chi connectivity index (χ0) is 44.8. The molecule has 2 heterocycles. The summed E-state index contributed by atoms with van der Waals surface area (Å²) in [5, 5.41) is 11.5. The lowest BCUT2D eigenvalue weighted by molar-refractivity contribution is -0.139. The highest BCUT2D eigenvalue weighted by Crippen LogP contribution is 2.32. The van der Waals surface area contributed by atoms with Crippen LogP contribution in [0.1, 0.15) is 86.9 Å². The third-order valence-corrected chi connectivity index (χ3v) is 10.8. The summed E-state index contributed by atoms with van der Waals surface area (Å²) in [5.41, 5.74) is 0.289. The summed E-state index contributed by atoms with van der Waals surface area (Å²) in [4.78, 5) is 89.1. The summed E-state index contributed by atoms with van der Waals surface area (Å²) >= 11 is 24.1. The Balaban J connectivity index is 1.15. The van der Waals surface area contributed by atoms with Crippen molar-refractivity contribution < 1.29 is 52.2 Å². The van der Waals surface area contributed by atoms with E-state index in [-0.39, 0.29) is 115 Å². The number of Topliss-reactive ketones (excluding diaryl/α,β-unsaturated/α-hetero) is 2. The highest BCUT2D eigenvalue weighted by atomic mass is 35.5. The molecule has 2 saturated heterocycles. The molecule has 0 aromatic heterocycles. The Morgan fingerprint density at radius 2 is 1.15 bits per heavy atom. The first-order valence-electron chi connectivity index (χ1n) is 20.0. The van der Waals surface area contributed by atoms with Gasteiger partial charge in [-0.25, -0.2) is 0 Å². The van der Waals surface area contributed by atoms with Crippen molar-refractivity contribution in [1.29, 1.82) is 0 Å². The quantitative estimate of drug-likeness (QED) is 0.0803. The Morgan fingerprint density at radius 1 is 0.672 bits per heavy atom. The maximum atomic E-state index is 12.9. The first-order chi connectivity index (χ1) is 28.9. The third-order valence-electron chi connectivity index (χ3n) is 9.66. The van der Waals surface area contributed by atoms with Gasteiger partial charge in [0.2, 0.25) is 11.8 Å². The van der Waals surface area contributed by atoms with Crippen LogP contribution in [-0.4, -0.2) is 100 Å². The van der Waals surface area contributed by atoms with E-state index in [0.29, 0.717) is 22.9 Å². The minimum absolute atomic E-state index is 0.0188. The second-order valence-electron chi connectivity index (χ2n) is 15.9. The van der Waals surface area contributed by atoms with E-state index >= 15 is 0 Å². The fourth-order valence-electron chi connectivity index (χ4n) is 6.94. The van der Waals surface area contributed by atoms with Crippen molar-refractivity contribution in [2.75, 3.05) is 32.8 Å². The number of halogens is 4. The van der Waals surface area contributed by atoms with Gasteiger partial charge in [-0.1, -0.05) is 74.1 Å². The highest BCUT2D eigenvalue weighted by molar-refractivity contribution is 6.51.